The van der Waals surface area contributed by atoms with Crippen LogP contribution in [-0.2, 0) is 9.59 Å². The zero-order valence-electron chi connectivity index (χ0n) is 15.2. The molecule has 148 valence electrons. The van der Waals surface area contributed by atoms with E-state index in [1.807, 2.05) is 24.3 Å². The highest BCUT2D eigenvalue weighted by Gasteiger charge is 2.21. The topological polar surface area (TPSA) is 94.9 Å². The number of hydrogen-bond donors (Lipinski definition) is 2. The predicted molar refractivity (Wildman–Crippen MR) is 104 cm³/mol. The summed E-state index contributed by atoms with van der Waals surface area (Å²) < 4.78 is 4.94. The Morgan fingerprint density at radius 2 is 1.79 bits per heavy atom. The fraction of sp³-hybridized carbons (Fsp3) is 0.316. The van der Waals surface area contributed by atoms with Crippen molar-refractivity contribution in [1.82, 2.24) is 15.5 Å². The molecule has 3 amide bonds. The van der Waals surface area contributed by atoms with Crippen LogP contribution in [0.2, 0.25) is 5.02 Å². The molecule has 2 N–H and O–H groups in total. The number of nitrogens with zero attached hydrogens (tertiary/aromatic N) is 2. The van der Waals surface area contributed by atoms with Crippen LogP contribution in [0.3, 0.4) is 0 Å². The molecule has 0 spiro atoms. The SMILES string of the molecule is O=C(CNC(=O)c1ccco1)NCC(=O)N1CCN(c2cccc(Cl)c2)CC1. The van der Waals surface area contributed by atoms with Gasteiger partial charge in [0.05, 0.1) is 19.4 Å². The number of halogens is 1. The second-order valence-electron chi connectivity index (χ2n) is 6.28. The van der Waals surface area contributed by atoms with E-state index in [2.05, 4.69) is 15.5 Å². The van der Waals surface area contributed by atoms with Crippen molar-refractivity contribution in [3.05, 3.63) is 53.4 Å². The van der Waals surface area contributed by atoms with Crippen LogP contribution in [0.5, 0.6) is 0 Å². The van der Waals surface area contributed by atoms with Crippen molar-refractivity contribution in [2.24, 2.45) is 0 Å². The molecule has 1 aliphatic rings. The van der Waals surface area contributed by atoms with Crippen molar-refractivity contribution < 1.29 is 18.8 Å². The van der Waals surface area contributed by atoms with Crippen LogP contribution in [0.1, 0.15) is 10.6 Å². The fourth-order valence-electron chi connectivity index (χ4n) is 2.89. The maximum Gasteiger partial charge on any atom is 0.287 e. The number of amides is 3. The van der Waals surface area contributed by atoms with Gasteiger partial charge in [0.25, 0.3) is 5.91 Å². The Morgan fingerprint density at radius 3 is 2.46 bits per heavy atom. The zero-order chi connectivity index (χ0) is 19.9. The minimum absolute atomic E-state index is 0.105. The van der Waals surface area contributed by atoms with Crippen LogP contribution in [0, 0.1) is 0 Å². The second kappa shape index (κ2) is 9.27. The van der Waals surface area contributed by atoms with Gasteiger partial charge in [-0.05, 0) is 30.3 Å². The number of hydrogen-bond acceptors (Lipinski definition) is 5. The van der Waals surface area contributed by atoms with Crippen molar-refractivity contribution in [2.45, 2.75) is 0 Å². The van der Waals surface area contributed by atoms with Gasteiger partial charge < -0.3 is 24.9 Å². The van der Waals surface area contributed by atoms with Gasteiger partial charge in [-0.15, -0.1) is 0 Å². The molecular formula is C19H21ClN4O4. The fourth-order valence-corrected chi connectivity index (χ4v) is 3.08. The van der Waals surface area contributed by atoms with Gasteiger partial charge in [-0.2, -0.15) is 0 Å². The number of nitrogens with one attached hydrogen (secondary N) is 2. The Balaban J connectivity index is 1.37. The number of carbonyl (C=O) groups is 3. The largest absolute Gasteiger partial charge is 0.459 e. The van der Waals surface area contributed by atoms with Gasteiger partial charge in [0.15, 0.2) is 5.76 Å². The Morgan fingerprint density at radius 1 is 1.00 bits per heavy atom. The highest BCUT2D eigenvalue weighted by molar-refractivity contribution is 6.30. The molecule has 0 saturated carbocycles. The lowest BCUT2D eigenvalue weighted by atomic mass is 10.2. The smallest absolute Gasteiger partial charge is 0.287 e. The van der Waals surface area contributed by atoms with E-state index in [0.717, 1.165) is 5.69 Å². The molecule has 1 saturated heterocycles. The summed E-state index contributed by atoms with van der Waals surface area (Å²) in [4.78, 5) is 39.7. The van der Waals surface area contributed by atoms with Crippen LogP contribution < -0.4 is 15.5 Å². The van der Waals surface area contributed by atoms with Crippen LogP contribution in [0.15, 0.2) is 47.1 Å². The second-order valence-corrected chi connectivity index (χ2v) is 6.72. The van der Waals surface area contributed by atoms with Crippen molar-refractivity contribution in [3.63, 3.8) is 0 Å². The molecule has 8 nitrogen and oxygen atoms in total. The molecule has 0 bridgehead atoms. The number of benzene rings is 1. The first-order valence-electron chi connectivity index (χ1n) is 8.89. The van der Waals surface area contributed by atoms with E-state index in [0.29, 0.717) is 31.2 Å². The van der Waals surface area contributed by atoms with Crippen molar-refractivity contribution >= 4 is 35.0 Å². The number of anilines is 1. The molecule has 0 unspecified atom stereocenters. The van der Waals surface area contributed by atoms with Crippen LogP contribution in [-0.4, -0.2) is 61.9 Å². The van der Waals surface area contributed by atoms with Gasteiger partial charge in [0, 0.05) is 36.9 Å². The van der Waals surface area contributed by atoms with E-state index in [-0.39, 0.29) is 24.8 Å². The molecule has 1 aromatic carbocycles. The lowest BCUT2D eigenvalue weighted by Crippen LogP contribution is -2.51. The molecule has 1 aliphatic heterocycles. The zero-order valence-corrected chi connectivity index (χ0v) is 15.9. The Bertz CT molecular complexity index is 832. The van der Waals surface area contributed by atoms with Crippen molar-refractivity contribution in [2.75, 3.05) is 44.2 Å². The van der Waals surface area contributed by atoms with E-state index in [4.69, 9.17) is 16.0 Å². The molecular weight excluding hydrogens is 384 g/mol. The summed E-state index contributed by atoms with van der Waals surface area (Å²) in [5.41, 5.74) is 1.03. The van der Waals surface area contributed by atoms with E-state index in [9.17, 15) is 14.4 Å². The lowest BCUT2D eigenvalue weighted by molar-refractivity contribution is -0.132. The number of rotatable bonds is 6. The monoisotopic (exact) mass is 404 g/mol. The number of carbonyl (C=O) groups excluding carboxylic acids is 3. The third-order valence-corrected chi connectivity index (χ3v) is 4.63. The van der Waals surface area contributed by atoms with Gasteiger partial charge in [-0.3, -0.25) is 14.4 Å². The summed E-state index contributed by atoms with van der Waals surface area (Å²) in [6.45, 7) is 2.19. The third-order valence-electron chi connectivity index (χ3n) is 4.40. The Kier molecular flexibility index (Phi) is 6.54. The summed E-state index contributed by atoms with van der Waals surface area (Å²) in [6, 6.07) is 10.7. The standard InChI is InChI=1S/C19H21ClN4O4/c20-14-3-1-4-15(11-14)23-6-8-24(9-7-23)18(26)13-21-17(25)12-22-19(27)16-5-2-10-28-16/h1-5,10-11H,6-9,12-13H2,(H,21,25)(H,22,27). The first kappa shape index (κ1) is 19.8. The maximum absolute atomic E-state index is 12.3. The molecule has 9 heteroatoms. The predicted octanol–water partition coefficient (Wildman–Crippen LogP) is 1.13. The van der Waals surface area contributed by atoms with E-state index in [1.165, 1.54) is 12.3 Å². The maximum atomic E-state index is 12.3. The van der Waals surface area contributed by atoms with Crippen LogP contribution >= 0.6 is 11.6 Å². The number of furan rings is 1. The van der Waals surface area contributed by atoms with Gasteiger partial charge in [0.1, 0.15) is 0 Å². The van der Waals surface area contributed by atoms with Crippen LogP contribution in [0.25, 0.3) is 0 Å². The molecule has 0 atom stereocenters. The summed E-state index contributed by atoms with van der Waals surface area (Å²) in [5, 5.41) is 5.63. The van der Waals surface area contributed by atoms with Gasteiger partial charge in [0.2, 0.25) is 11.8 Å². The van der Waals surface area contributed by atoms with Gasteiger partial charge in [-0.25, -0.2) is 0 Å². The lowest BCUT2D eigenvalue weighted by Gasteiger charge is -2.36. The Hall–Kier alpha value is -3.00. The van der Waals surface area contributed by atoms with E-state index in [1.54, 1.807) is 11.0 Å². The molecule has 2 heterocycles. The first-order chi connectivity index (χ1) is 13.5. The summed E-state index contributed by atoms with van der Waals surface area (Å²) >= 11 is 6.03. The third kappa shape index (κ3) is 5.26. The molecule has 1 aromatic heterocycles. The van der Waals surface area contributed by atoms with Crippen molar-refractivity contribution in [3.8, 4) is 0 Å². The molecule has 28 heavy (non-hydrogen) atoms. The van der Waals surface area contributed by atoms with E-state index < -0.39 is 11.8 Å². The van der Waals surface area contributed by atoms with Crippen LogP contribution in [0.4, 0.5) is 5.69 Å². The van der Waals surface area contributed by atoms with Gasteiger partial charge >= 0.3 is 0 Å². The summed E-state index contributed by atoms with van der Waals surface area (Å²) in [7, 11) is 0. The highest BCUT2D eigenvalue weighted by Crippen LogP contribution is 2.20. The molecule has 0 aliphatic carbocycles. The molecule has 2 aromatic rings. The normalized spacial score (nSPS) is 13.9. The first-order valence-corrected chi connectivity index (χ1v) is 9.27. The van der Waals surface area contributed by atoms with Gasteiger partial charge in [-0.1, -0.05) is 17.7 Å². The minimum Gasteiger partial charge on any atom is -0.459 e. The summed E-state index contributed by atoms with van der Waals surface area (Å²) in [6.07, 6.45) is 1.37. The highest BCUT2D eigenvalue weighted by atomic mass is 35.5. The molecule has 1 fully saturated rings. The average Bonchev–Trinajstić information content (AvgIpc) is 3.25. The summed E-state index contributed by atoms with van der Waals surface area (Å²) in [5.74, 6) is -0.952. The molecule has 3 rings (SSSR count). The average molecular weight is 405 g/mol. The Labute approximate surface area is 167 Å². The quantitative estimate of drug-likeness (QED) is 0.752. The van der Waals surface area contributed by atoms with E-state index >= 15 is 0 Å². The molecule has 0 radical (unpaired) electrons. The number of piperazine rings is 1. The van der Waals surface area contributed by atoms with Crippen molar-refractivity contribution in [1.29, 1.82) is 0 Å². The minimum atomic E-state index is -0.483.